The molecule has 2 N–H and O–H groups in total. The van der Waals surface area contributed by atoms with Crippen molar-refractivity contribution >= 4 is 23.4 Å². The molecule has 7 nitrogen and oxygen atoms in total. The molecule has 2 aromatic rings. The minimum Gasteiger partial charge on any atom is -0.344 e. The number of fused-ring (bicyclic) bond motifs is 1. The standard InChI is InChI=1S/C31H39FN4O3/c1-31(2)25-6-4-5-7-27(25)36(30(31)39)24-14-16-35(17-15-24)29(38)26(18-20-8-11-22(32)12-9-20)34-28(37)21-10-13-23(19-21)33-3/h4-9,11-12,21,23-24,26,33H,10,13-19H2,1-3H3,(H,34,37)/t21-,23+,26?/m0/s1. The number of amides is 3. The van der Waals surface area contributed by atoms with Gasteiger partial charge in [-0.3, -0.25) is 14.4 Å². The van der Waals surface area contributed by atoms with Gasteiger partial charge in [-0.1, -0.05) is 30.3 Å². The molecule has 0 radical (unpaired) electrons. The van der Waals surface area contributed by atoms with Crippen molar-refractivity contribution in [2.75, 3.05) is 25.0 Å². The van der Waals surface area contributed by atoms with Gasteiger partial charge in [0.2, 0.25) is 17.7 Å². The van der Waals surface area contributed by atoms with E-state index >= 15 is 0 Å². The number of likely N-dealkylation sites (tertiary alicyclic amines) is 1. The highest BCUT2D eigenvalue weighted by atomic mass is 19.1. The van der Waals surface area contributed by atoms with Crippen molar-refractivity contribution in [2.45, 2.75) is 75.9 Å². The Balaban J connectivity index is 1.28. The maximum atomic E-state index is 13.8. The monoisotopic (exact) mass is 534 g/mol. The van der Waals surface area contributed by atoms with Gasteiger partial charge >= 0.3 is 0 Å². The van der Waals surface area contributed by atoms with Crippen molar-refractivity contribution in [3.05, 3.63) is 65.5 Å². The summed E-state index contributed by atoms with van der Waals surface area (Å²) in [6, 6.07) is 13.7. The number of carbonyl (C=O) groups is 3. The Labute approximate surface area is 230 Å². The smallest absolute Gasteiger partial charge is 0.245 e. The normalized spacial score (nSPS) is 23.5. The first-order valence-electron chi connectivity index (χ1n) is 14.1. The average molecular weight is 535 g/mol. The van der Waals surface area contributed by atoms with Crippen LogP contribution >= 0.6 is 0 Å². The van der Waals surface area contributed by atoms with Crippen molar-refractivity contribution in [1.82, 2.24) is 15.5 Å². The number of para-hydroxylation sites is 1. The zero-order valence-corrected chi connectivity index (χ0v) is 23.1. The lowest BCUT2D eigenvalue weighted by atomic mass is 9.86. The first-order valence-corrected chi connectivity index (χ1v) is 14.1. The molecule has 2 fully saturated rings. The van der Waals surface area contributed by atoms with E-state index in [0.717, 1.165) is 36.1 Å². The van der Waals surface area contributed by atoms with E-state index in [-0.39, 0.29) is 35.5 Å². The summed E-state index contributed by atoms with van der Waals surface area (Å²) < 4.78 is 13.5. The molecule has 39 heavy (non-hydrogen) atoms. The largest absolute Gasteiger partial charge is 0.344 e. The summed E-state index contributed by atoms with van der Waals surface area (Å²) in [5, 5.41) is 6.29. The van der Waals surface area contributed by atoms with Gasteiger partial charge in [-0.25, -0.2) is 4.39 Å². The second-order valence-corrected chi connectivity index (χ2v) is 11.8. The Morgan fingerprint density at radius 1 is 1.03 bits per heavy atom. The fourth-order valence-corrected chi connectivity index (χ4v) is 6.49. The van der Waals surface area contributed by atoms with Crippen LogP contribution in [-0.4, -0.2) is 60.9 Å². The number of halogens is 1. The number of rotatable bonds is 7. The highest BCUT2D eigenvalue weighted by Gasteiger charge is 2.47. The average Bonchev–Trinajstić information content (AvgIpc) is 3.51. The first kappa shape index (κ1) is 27.3. The lowest BCUT2D eigenvalue weighted by Gasteiger charge is -2.39. The van der Waals surface area contributed by atoms with E-state index in [0.29, 0.717) is 38.4 Å². The molecular weight excluding hydrogens is 495 g/mol. The van der Waals surface area contributed by atoms with E-state index in [2.05, 4.69) is 10.6 Å². The molecule has 1 saturated heterocycles. The molecule has 0 bridgehead atoms. The molecule has 0 spiro atoms. The summed E-state index contributed by atoms with van der Waals surface area (Å²) in [4.78, 5) is 44.1. The molecule has 3 aliphatic rings. The Morgan fingerprint density at radius 2 is 1.72 bits per heavy atom. The van der Waals surface area contributed by atoms with Crippen molar-refractivity contribution in [2.24, 2.45) is 5.92 Å². The third kappa shape index (κ3) is 5.44. The van der Waals surface area contributed by atoms with Gasteiger partial charge in [0, 0.05) is 43.2 Å². The summed E-state index contributed by atoms with van der Waals surface area (Å²) in [5.74, 6) is -0.571. The quantitative estimate of drug-likeness (QED) is 0.569. The van der Waals surface area contributed by atoms with Crippen LogP contribution in [0.5, 0.6) is 0 Å². The van der Waals surface area contributed by atoms with Crippen molar-refractivity contribution in [3.8, 4) is 0 Å². The molecular formula is C31H39FN4O3. The summed E-state index contributed by atoms with van der Waals surface area (Å²) in [7, 11) is 1.91. The SMILES string of the molecule is CN[C@@H]1CC[C@H](C(=O)NC(Cc2ccc(F)cc2)C(=O)N2CCC(N3C(=O)C(C)(C)c4ccccc43)CC2)C1. The van der Waals surface area contributed by atoms with Crippen LogP contribution in [0.3, 0.4) is 0 Å². The van der Waals surface area contributed by atoms with Crippen LogP contribution in [0.4, 0.5) is 10.1 Å². The summed E-state index contributed by atoms with van der Waals surface area (Å²) in [5.41, 5.74) is 2.24. The maximum absolute atomic E-state index is 13.8. The second kappa shape index (κ2) is 11.1. The van der Waals surface area contributed by atoms with Crippen LogP contribution in [0.2, 0.25) is 0 Å². The van der Waals surface area contributed by atoms with Gasteiger partial charge in [-0.05, 0) is 82.3 Å². The fourth-order valence-electron chi connectivity index (χ4n) is 6.49. The molecule has 8 heteroatoms. The minimum absolute atomic E-state index is 0.0200. The minimum atomic E-state index is -0.721. The maximum Gasteiger partial charge on any atom is 0.245 e. The van der Waals surface area contributed by atoms with Gasteiger partial charge in [0.25, 0.3) is 0 Å². The number of hydrogen-bond donors (Lipinski definition) is 2. The molecule has 1 saturated carbocycles. The molecule has 3 amide bonds. The number of benzene rings is 2. The second-order valence-electron chi connectivity index (χ2n) is 11.8. The van der Waals surface area contributed by atoms with E-state index < -0.39 is 11.5 Å². The van der Waals surface area contributed by atoms with Gasteiger partial charge in [-0.15, -0.1) is 0 Å². The van der Waals surface area contributed by atoms with Crippen LogP contribution < -0.4 is 15.5 Å². The third-order valence-corrected chi connectivity index (χ3v) is 8.91. The summed E-state index contributed by atoms with van der Waals surface area (Å²) in [6.07, 6.45) is 4.14. The Kier molecular flexibility index (Phi) is 7.76. The molecule has 3 atom stereocenters. The lowest BCUT2D eigenvalue weighted by Crippen LogP contribution is -2.55. The molecule has 1 unspecified atom stereocenters. The number of anilines is 1. The van der Waals surface area contributed by atoms with Gasteiger partial charge in [0.1, 0.15) is 11.9 Å². The number of carbonyl (C=O) groups excluding carboxylic acids is 3. The number of nitrogens with one attached hydrogen (secondary N) is 2. The fraction of sp³-hybridized carbons (Fsp3) is 0.516. The summed E-state index contributed by atoms with van der Waals surface area (Å²) in [6.45, 7) is 4.96. The van der Waals surface area contributed by atoms with E-state index in [1.54, 1.807) is 12.1 Å². The van der Waals surface area contributed by atoms with E-state index in [1.807, 2.05) is 55.0 Å². The Morgan fingerprint density at radius 3 is 2.38 bits per heavy atom. The van der Waals surface area contributed by atoms with Crippen LogP contribution in [0, 0.1) is 11.7 Å². The molecule has 2 heterocycles. The molecule has 2 aliphatic heterocycles. The van der Waals surface area contributed by atoms with Crippen molar-refractivity contribution in [1.29, 1.82) is 0 Å². The van der Waals surface area contributed by atoms with Crippen molar-refractivity contribution in [3.63, 3.8) is 0 Å². The molecule has 0 aromatic heterocycles. The molecule has 1 aliphatic carbocycles. The predicted octanol–water partition coefficient (Wildman–Crippen LogP) is 3.56. The zero-order valence-electron chi connectivity index (χ0n) is 23.1. The van der Waals surface area contributed by atoms with Crippen LogP contribution in [0.1, 0.15) is 57.1 Å². The van der Waals surface area contributed by atoms with Crippen LogP contribution in [0.25, 0.3) is 0 Å². The Bertz CT molecular complexity index is 1220. The highest BCUT2D eigenvalue weighted by molar-refractivity contribution is 6.08. The van der Waals surface area contributed by atoms with E-state index in [4.69, 9.17) is 0 Å². The van der Waals surface area contributed by atoms with Gasteiger partial charge in [0.05, 0.1) is 5.41 Å². The first-order chi connectivity index (χ1) is 18.7. The van der Waals surface area contributed by atoms with Gasteiger partial charge < -0.3 is 20.4 Å². The number of nitrogens with zero attached hydrogens (tertiary/aromatic N) is 2. The third-order valence-electron chi connectivity index (χ3n) is 8.91. The van der Waals surface area contributed by atoms with Crippen LogP contribution in [-0.2, 0) is 26.2 Å². The predicted molar refractivity (Wildman–Crippen MR) is 149 cm³/mol. The van der Waals surface area contributed by atoms with E-state index in [1.165, 1.54) is 12.1 Å². The summed E-state index contributed by atoms with van der Waals surface area (Å²) >= 11 is 0. The number of hydrogen-bond acceptors (Lipinski definition) is 4. The zero-order chi connectivity index (χ0) is 27.7. The molecule has 5 rings (SSSR count). The van der Waals surface area contributed by atoms with Crippen LogP contribution in [0.15, 0.2) is 48.5 Å². The Hall–Kier alpha value is -3.26. The van der Waals surface area contributed by atoms with E-state index in [9.17, 15) is 18.8 Å². The molecule has 208 valence electrons. The van der Waals surface area contributed by atoms with Gasteiger partial charge in [-0.2, -0.15) is 0 Å². The van der Waals surface area contributed by atoms with Gasteiger partial charge in [0.15, 0.2) is 0 Å². The topological polar surface area (TPSA) is 81.8 Å². The number of piperidine rings is 1. The lowest BCUT2D eigenvalue weighted by molar-refractivity contribution is -0.138. The molecule has 2 aromatic carbocycles. The van der Waals surface area contributed by atoms with Crippen molar-refractivity contribution < 1.29 is 18.8 Å². The highest BCUT2D eigenvalue weighted by Crippen LogP contribution is 2.43.